The third-order valence-electron chi connectivity index (χ3n) is 4.06. The fraction of sp³-hybridized carbons (Fsp3) is 0.412. The number of rotatable bonds is 5. The van der Waals surface area contributed by atoms with Crippen molar-refractivity contribution in [1.82, 2.24) is 15.6 Å². The second-order valence-corrected chi connectivity index (χ2v) is 6.64. The average molecular weight is 378 g/mol. The van der Waals surface area contributed by atoms with E-state index in [0.717, 1.165) is 36.8 Å². The van der Waals surface area contributed by atoms with Crippen LogP contribution in [0.4, 0.5) is 0 Å². The first kappa shape index (κ1) is 16.2. The van der Waals surface area contributed by atoms with Crippen molar-refractivity contribution in [2.45, 2.75) is 25.2 Å². The number of nitrogens with zero attached hydrogens (tertiary/aromatic N) is 1. The van der Waals surface area contributed by atoms with Crippen LogP contribution >= 0.6 is 15.9 Å². The molecule has 1 aliphatic heterocycles. The molecule has 0 spiro atoms. The topological polar surface area (TPSA) is 67.2 Å². The van der Waals surface area contributed by atoms with Crippen LogP contribution in [0.3, 0.4) is 0 Å². The minimum Gasteiger partial charge on any atom is -0.448 e. The van der Waals surface area contributed by atoms with Crippen LogP contribution in [-0.2, 0) is 6.42 Å². The zero-order chi connectivity index (χ0) is 16.1. The van der Waals surface area contributed by atoms with Gasteiger partial charge in [0.15, 0.2) is 11.6 Å². The van der Waals surface area contributed by atoms with Crippen molar-refractivity contribution in [1.29, 1.82) is 0 Å². The number of amides is 1. The molecule has 0 unspecified atom stereocenters. The Bertz CT molecular complexity index is 648. The normalized spacial score (nSPS) is 15.5. The van der Waals surface area contributed by atoms with Gasteiger partial charge in [-0.2, -0.15) is 0 Å². The molecule has 1 aliphatic rings. The number of aromatic nitrogens is 1. The van der Waals surface area contributed by atoms with Crippen molar-refractivity contribution >= 4 is 21.8 Å². The van der Waals surface area contributed by atoms with E-state index in [2.05, 4.69) is 31.5 Å². The maximum atomic E-state index is 12.1. The maximum Gasteiger partial charge on any atom is 0.273 e. The minimum atomic E-state index is -0.175. The molecule has 0 aliphatic carbocycles. The number of nitrogens with one attached hydrogen (secondary N) is 2. The maximum absolute atomic E-state index is 12.1. The first-order valence-corrected chi connectivity index (χ1v) is 8.70. The predicted octanol–water partition coefficient (Wildman–Crippen LogP) is 2.88. The Balaban J connectivity index is 1.50. The lowest BCUT2D eigenvalue weighted by molar-refractivity contribution is 0.0949. The van der Waals surface area contributed by atoms with Gasteiger partial charge in [-0.05, 0) is 50.0 Å². The second kappa shape index (κ2) is 7.75. The Hall–Kier alpha value is -1.66. The molecule has 23 heavy (non-hydrogen) atoms. The van der Waals surface area contributed by atoms with E-state index in [9.17, 15) is 4.79 Å². The summed E-state index contributed by atoms with van der Waals surface area (Å²) in [7, 11) is 0. The molecule has 1 fully saturated rings. The zero-order valence-corrected chi connectivity index (χ0v) is 14.4. The van der Waals surface area contributed by atoms with Crippen LogP contribution in [0.2, 0.25) is 0 Å². The fourth-order valence-corrected chi connectivity index (χ4v) is 2.97. The molecule has 1 amide bonds. The first-order chi connectivity index (χ1) is 11.2. The number of benzene rings is 1. The lowest BCUT2D eigenvalue weighted by Gasteiger charge is -2.19. The summed E-state index contributed by atoms with van der Waals surface area (Å²) in [4.78, 5) is 16.5. The molecule has 1 aromatic heterocycles. The van der Waals surface area contributed by atoms with Crippen LogP contribution in [0, 0.1) is 0 Å². The van der Waals surface area contributed by atoms with E-state index in [1.165, 1.54) is 11.8 Å². The molecule has 0 atom stereocenters. The van der Waals surface area contributed by atoms with Crippen LogP contribution in [0.1, 0.15) is 40.7 Å². The molecule has 0 bridgehead atoms. The van der Waals surface area contributed by atoms with Crippen LogP contribution < -0.4 is 10.6 Å². The van der Waals surface area contributed by atoms with Gasteiger partial charge in [0.2, 0.25) is 0 Å². The largest absolute Gasteiger partial charge is 0.448 e. The number of hydrogen-bond donors (Lipinski definition) is 2. The average Bonchev–Trinajstić information content (AvgIpc) is 3.07. The summed E-state index contributed by atoms with van der Waals surface area (Å²) < 4.78 is 6.55. The molecule has 2 N–H and O–H groups in total. The van der Waals surface area contributed by atoms with Crippen LogP contribution in [0.25, 0.3) is 0 Å². The Morgan fingerprint density at radius 3 is 2.78 bits per heavy atom. The summed E-state index contributed by atoms with van der Waals surface area (Å²) in [5, 5.41) is 6.20. The van der Waals surface area contributed by atoms with Gasteiger partial charge in [-0.3, -0.25) is 4.79 Å². The molecule has 2 heterocycles. The fourth-order valence-electron chi connectivity index (χ4n) is 2.71. The third kappa shape index (κ3) is 4.42. The number of halogens is 1. The highest BCUT2D eigenvalue weighted by Gasteiger charge is 2.21. The molecule has 3 rings (SSSR count). The molecule has 0 radical (unpaired) electrons. The number of hydrogen-bond acceptors (Lipinski definition) is 4. The van der Waals surface area contributed by atoms with E-state index < -0.39 is 0 Å². The summed E-state index contributed by atoms with van der Waals surface area (Å²) in [6, 6.07) is 8.09. The monoisotopic (exact) mass is 377 g/mol. The molecule has 1 saturated heterocycles. The Labute approximate surface area is 144 Å². The highest BCUT2D eigenvalue weighted by atomic mass is 79.9. The molecular weight excluding hydrogens is 358 g/mol. The van der Waals surface area contributed by atoms with Crippen molar-refractivity contribution in [3.05, 3.63) is 52.1 Å². The highest BCUT2D eigenvalue weighted by molar-refractivity contribution is 9.10. The van der Waals surface area contributed by atoms with Gasteiger partial charge < -0.3 is 15.1 Å². The zero-order valence-electron chi connectivity index (χ0n) is 12.8. The summed E-state index contributed by atoms with van der Waals surface area (Å²) >= 11 is 3.41. The number of carbonyl (C=O) groups excluding carboxylic acids is 1. The number of carbonyl (C=O) groups is 1. The standard InChI is InChI=1S/C17H20BrN3O2/c18-14-3-1-12(2-4-14)5-10-20-16(22)15-11-23-17(21-15)13-6-8-19-9-7-13/h1-4,11,13,19H,5-10H2,(H,20,22). The number of piperidine rings is 1. The van der Waals surface area contributed by atoms with Crippen molar-refractivity contribution < 1.29 is 9.21 Å². The summed E-state index contributed by atoms with van der Waals surface area (Å²) in [6.07, 6.45) is 4.26. The van der Waals surface area contributed by atoms with E-state index in [0.29, 0.717) is 24.0 Å². The molecule has 2 aromatic rings. The van der Waals surface area contributed by atoms with E-state index >= 15 is 0 Å². The van der Waals surface area contributed by atoms with Crippen molar-refractivity contribution in [2.24, 2.45) is 0 Å². The molecular formula is C17H20BrN3O2. The Morgan fingerprint density at radius 2 is 2.04 bits per heavy atom. The van der Waals surface area contributed by atoms with Crippen LogP contribution in [0.5, 0.6) is 0 Å². The van der Waals surface area contributed by atoms with Gasteiger partial charge in [0.1, 0.15) is 6.26 Å². The van der Waals surface area contributed by atoms with Gasteiger partial charge >= 0.3 is 0 Å². The van der Waals surface area contributed by atoms with Gasteiger partial charge in [-0.1, -0.05) is 28.1 Å². The van der Waals surface area contributed by atoms with Crippen molar-refractivity contribution in [3.8, 4) is 0 Å². The van der Waals surface area contributed by atoms with Gasteiger partial charge in [0.25, 0.3) is 5.91 Å². The molecule has 6 heteroatoms. The first-order valence-electron chi connectivity index (χ1n) is 7.91. The van der Waals surface area contributed by atoms with Gasteiger partial charge in [0, 0.05) is 16.9 Å². The van der Waals surface area contributed by atoms with Gasteiger partial charge in [-0.15, -0.1) is 0 Å². The van der Waals surface area contributed by atoms with Gasteiger partial charge in [-0.25, -0.2) is 4.98 Å². The quantitative estimate of drug-likeness (QED) is 0.840. The predicted molar refractivity (Wildman–Crippen MR) is 91.5 cm³/mol. The van der Waals surface area contributed by atoms with E-state index in [1.54, 1.807) is 0 Å². The van der Waals surface area contributed by atoms with Crippen molar-refractivity contribution in [2.75, 3.05) is 19.6 Å². The van der Waals surface area contributed by atoms with E-state index in [-0.39, 0.29) is 5.91 Å². The number of oxazole rings is 1. The second-order valence-electron chi connectivity index (χ2n) is 5.73. The SMILES string of the molecule is O=C(NCCc1ccc(Br)cc1)c1coc(C2CCNCC2)n1. The van der Waals surface area contributed by atoms with E-state index in [4.69, 9.17) is 4.42 Å². The lowest BCUT2D eigenvalue weighted by atomic mass is 9.98. The third-order valence-corrected chi connectivity index (χ3v) is 4.58. The molecule has 1 aromatic carbocycles. The lowest BCUT2D eigenvalue weighted by Crippen LogP contribution is -2.27. The molecule has 122 valence electrons. The Morgan fingerprint density at radius 1 is 1.30 bits per heavy atom. The summed E-state index contributed by atoms with van der Waals surface area (Å²) in [5.74, 6) is 0.830. The highest BCUT2D eigenvalue weighted by Crippen LogP contribution is 2.24. The summed E-state index contributed by atoms with van der Waals surface area (Å²) in [6.45, 7) is 2.53. The molecule has 0 saturated carbocycles. The van der Waals surface area contributed by atoms with E-state index in [1.807, 2.05) is 24.3 Å². The minimum absolute atomic E-state index is 0.175. The molecule has 5 nitrogen and oxygen atoms in total. The smallest absolute Gasteiger partial charge is 0.273 e. The van der Waals surface area contributed by atoms with Crippen LogP contribution in [0.15, 0.2) is 39.4 Å². The summed E-state index contributed by atoms with van der Waals surface area (Å²) in [5.41, 5.74) is 1.55. The van der Waals surface area contributed by atoms with Crippen molar-refractivity contribution in [3.63, 3.8) is 0 Å². The Kier molecular flexibility index (Phi) is 5.46. The van der Waals surface area contributed by atoms with Gasteiger partial charge in [0.05, 0.1) is 0 Å². The van der Waals surface area contributed by atoms with Crippen LogP contribution in [-0.4, -0.2) is 30.5 Å².